The van der Waals surface area contributed by atoms with Crippen LogP contribution in [0.4, 0.5) is 26.3 Å². The topological polar surface area (TPSA) is 76.4 Å². The number of hydrogen-bond acceptors (Lipinski definition) is 4. The van der Waals surface area contributed by atoms with Gasteiger partial charge in [0, 0.05) is 12.5 Å². The maximum Gasteiger partial charge on any atom is 0.403 e. The monoisotopic (exact) mass is 570 g/mol. The van der Waals surface area contributed by atoms with Crippen LogP contribution in [0.25, 0.3) is 0 Å². The fraction of sp³-hybridized carbons (Fsp3) is 0.679. The first kappa shape index (κ1) is 28.7. The summed E-state index contributed by atoms with van der Waals surface area (Å²) in [6.07, 6.45) is -4.36. The average molecular weight is 571 g/mol. The number of carbonyl (C=O) groups is 2. The number of carbonyl (C=O) groups excluding carboxylic acids is 2. The highest BCUT2D eigenvalue weighted by atomic mass is 19.4. The van der Waals surface area contributed by atoms with Crippen LogP contribution in [0.15, 0.2) is 18.2 Å². The highest BCUT2D eigenvalue weighted by Gasteiger charge is 2.71. The second-order valence-electron chi connectivity index (χ2n) is 11.7. The van der Waals surface area contributed by atoms with Crippen molar-refractivity contribution in [3.8, 4) is 6.07 Å². The van der Waals surface area contributed by atoms with E-state index >= 15 is 13.2 Å². The molecule has 2 amide bonds. The molecule has 12 heteroatoms. The smallest absolute Gasteiger partial charge is 0.336 e. The van der Waals surface area contributed by atoms with E-state index in [9.17, 15) is 28.0 Å². The minimum atomic E-state index is -4.90. The van der Waals surface area contributed by atoms with Crippen molar-refractivity contribution in [3.05, 3.63) is 35.1 Å². The molecule has 218 valence electrons. The molecule has 4 fully saturated rings. The summed E-state index contributed by atoms with van der Waals surface area (Å²) in [4.78, 5) is 29.0. The number of nitriles is 1. The molecule has 2 saturated carbocycles. The Kier molecular flexibility index (Phi) is 7.12. The van der Waals surface area contributed by atoms with Crippen LogP contribution in [0.1, 0.15) is 68.9 Å². The molecule has 1 aromatic carbocycles. The van der Waals surface area contributed by atoms with E-state index < -0.39 is 84.0 Å². The van der Waals surface area contributed by atoms with Crippen LogP contribution in [-0.4, -0.2) is 65.6 Å². The van der Waals surface area contributed by atoms with Gasteiger partial charge in [0.25, 0.3) is 5.92 Å². The van der Waals surface area contributed by atoms with Crippen LogP contribution in [0.3, 0.4) is 0 Å². The molecule has 1 aromatic rings. The first-order valence-corrected chi connectivity index (χ1v) is 13.8. The van der Waals surface area contributed by atoms with Gasteiger partial charge in [-0.05, 0) is 88.2 Å². The second kappa shape index (κ2) is 9.93. The maximum atomic E-state index is 15.8. The molecule has 1 unspecified atom stereocenters. The van der Waals surface area contributed by atoms with E-state index in [0.29, 0.717) is 23.3 Å². The predicted molar refractivity (Wildman–Crippen MR) is 131 cm³/mol. The summed E-state index contributed by atoms with van der Waals surface area (Å²) < 4.78 is 88.1. The zero-order chi connectivity index (χ0) is 29.1. The maximum absolute atomic E-state index is 15.8. The van der Waals surface area contributed by atoms with Gasteiger partial charge in [0.1, 0.15) is 22.8 Å². The Balaban J connectivity index is 1.39. The predicted octanol–water partition coefficient (Wildman–Crippen LogP) is 4.85. The lowest BCUT2D eigenvalue weighted by molar-refractivity contribution is -0.199. The van der Waals surface area contributed by atoms with Gasteiger partial charge in [-0.15, -0.1) is 0 Å². The number of nitrogens with zero attached hydrogens (tertiary/aromatic N) is 3. The van der Waals surface area contributed by atoms with Gasteiger partial charge in [0.05, 0.1) is 11.6 Å². The highest BCUT2D eigenvalue weighted by molar-refractivity contribution is 5.93. The Labute approximate surface area is 228 Å². The van der Waals surface area contributed by atoms with Crippen molar-refractivity contribution in [2.45, 2.75) is 81.5 Å². The summed E-state index contributed by atoms with van der Waals surface area (Å²) in [6.45, 7) is 3.75. The summed E-state index contributed by atoms with van der Waals surface area (Å²) in [5.74, 6) is -9.11. The minimum Gasteiger partial charge on any atom is -0.336 e. The molecule has 4 aliphatic rings. The molecule has 0 aromatic heterocycles. The van der Waals surface area contributed by atoms with Gasteiger partial charge in [0.15, 0.2) is 0 Å². The standard InChI is InChI=1S/C28H32F6N4O2/c1-2-37-11-5-17(6-12-37)18-3-4-20(21(29)13-18)27(30,31)19-14-22(23(39)36-25(16-35)7-8-25)38(15-19)24(40)26(9-10-26)28(32,33)34/h3-4,13,17,19,22H,2,5-12,14-15H2,1H3,(H,36,39)/t19?,22-/m0/s1. The average Bonchev–Trinajstić information content (AvgIpc) is 3.84. The lowest BCUT2D eigenvalue weighted by Crippen LogP contribution is -2.53. The van der Waals surface area contributed by atoms with Crippen molar-refractivity contribution in [3.63, 3.8) is 0 Å². The van der Waals surface area contributed by atoms with Crippen molar-refractivity contribution in [2.75, 3.05) is 26.2 Å². The van der Waals surface area contributed by atoms with Crippen molar-refractivity contribution in [2.24, 2.45) is 11.3 Å². The molecule has 40 heavy (non-hydrogen) atoms. The third kappa shape index (κ3) is 4.95. The van der Waals surface area contributed by atoms with Crippen LogP contribution >= 0.6 is 0 Å². The number of halogens is 6. The number of benzene rings is 1. The molecule has 0 spiro atoms. The van der Waals surface area contributed by atoms with E-state index in [1.54, 1.807) is 0 Å². The van der Waals surface area contributed by atoms with Crippen LogP contribution < -0.4 is 5.32 Å². The summed E-state index contributed by atoms with van der Waals surface area (Å²) in [5.41, 5.74) is -4.21. The van der Waals surface area contributed by atoms with Gasteiger partial charge >= 0.3 is 6.18 Å². The fourth-order valence-corrected chi connectivity index (χ4v) is 6.16. The van der Waals surface area contributed by atoms with E-state index in [-0.39, 0.29) is 5.92 Å². The zero-order valence-corrected chi connectivity index (χ0v) is 22.2. The fourth-order valence-electron chi connectivity index (χ4n) is 6.16. The lowest BCUT2D eigenvalue weighted by Gasteiger charge is -2.31. The van der Waals surface area contributed by atoms with Gasteiger partial charge in [0.2, 0.25) is 11.8 Å². The van der Waals surface area contributed by atoms with Crippen molar-refractivity contribution >= 4 is 11.8 Å². The van der Waals surface area contributed by atoms with Crippen molar-refractivity contribution in [1.29, 1.82) is 5.26 Å². The molecule has 2 aliphatic heterocycles. The van der Waals surface area contributed by atoms with Crippen molar-refractivity contribution in [1.82, 2.24) is 15.1 Å². The highest BCUT2D eigenvalue weighted by Crippen LogP contribution is 2.59. The SMILES string of the molecule is CCN1CCC(c2ccc(C(F)(F)C3C[C@@H](C(=O)NC4(C#N)CC4)N(C(=O)C4(C(F)(F)F)CC4)C3)c(F)c2)CC1. The van der Waals surface area contributed by atoms with E-state index in [0.717, 1.165) is 44.6 Å². The molecular formula is C28H32F6N4O2. The third-order valence-corrected chi connectivity index (χ3v) is 9.26. The zero-order valence-electron chi connectivity index (χ0n) is 22.2. The second-order valence-corrected chi connectivity index (χ2v) is 11.7. The molecule has 2 aliphatic carbocycles. The van der Waals surface area contributed by atoms with Crippen LogP contribution in [-0.2, 0) is 15.5 Å². The molecule has 0 radical (unpaired) electrons. The van der Waals surface area contributed by atoms with Crippen molar-refractivity contribution < 1.29 is 35.9 Å². The first-order valence-electron chi connectivity index (χ1n) is 13.8. The summed E-state index contributed by atoms with van der Waals surface area (Å²) in [6, 6.07) is 3.87. The summed E-state index contributed by atoms with van der Waals surface area (Å²) in [5, 5.41) is 11.7. The first-order chi connectivity index (χ1) is 18.8. The number of hydrogen-bond donors (Lipinski definition) is 1. The molecule has 5 rings (SSSR count). The van der Waals surface area contributed by atoms with Crippen LogP contribution in [0, 0.1) is 28.5 Å². The van der Waals surface area contributed by atoms with Gasteiger partial charge < -0.3 is 15.1 Å². The van der Waals surface area contributed by atoms with E-state index in [4.69, 9.17) is 0 Å². The Bertz CT molecular complexity index is 1210. The minimum absolute atomic E-state index is 0.0274. The number of rotatable bonds is 7. The Morgan fingerprint density at radius 3 is 2.25 bits per heavy atom. The molecule has 2 heterocycles. The number of likely N-dealkylation sites (tertiary alicyclic amines) is 2. The quantitative estimate of drug-likeness (QED) is 0.476. The summed E-state index contributed by atoms with van der Waals surface area (Å²) in [7, 11) is 0. The van der Waals surface area contributed by atoms with Crippen LogP contribution in [0.2, 0.25) is 0 Å². The molecule has 1 N–H and O–H groups in total. The Hall–Kier alpha value is -2.81. The lowest BCUT2D eigenvalue weighted by atomic mass is 9.86. The van der Waals surface area contributed by atoms with E-state index in [2.05, 4.69) is 10.2 Å². The summed E-state index contributed by atoms with van der Waals surface area (Å²) >= 11 is 0. The van der Waals surface area contributed by atoms with Gasteiger partial charge in [-0.2, -0.15) is 18.4 Å². The Morgan fingerprint density at radius 1 is 1.10 bits per heavy atom. The largest absolute Gasteiger partial charge is 0.403 e. The number of piperidine rings is 1. The van der Waals surface area contributed by atoms with Gasteiger partial charge in [-0.25, -0.2) is 13.2 Å². The van der Waals surface area contributed by atoms with Gasteiger partial charge in [-0.3, -0.25) is 9.59 Å². The van der Waals surface area contributed by atoms with Crippen LogP contribution in [0.5, 0.6) is 0 Å². The number of alkyl halides is 5. The van der Waals surface area contributed by atoms with E-state index in [1.807, 2.05) is 13.0 Å². The van der Waals surface area contributed by atoms with E-state index in [1.165, 1.54) is 6.07 Å². The number of amides is 2. The molecule has 2 atom stereocenters. The number of nitrogens with one attached hydrogen (secondary N) is 1. The molecule has 2 saturated heterocycles. The molecule has 0 bridgehead atoms. The molecule has 6 nitrogen and oxygen atoms in total. The molecular weight excluding hydrogens is 538 g/mol. The normalized spacial score (nSPS) is 26.3. The Morgan fingerprint density at radius 2 is 1.75 bits per heavy atom. The van der Waals surface area contributed by atoms with Gasteiger partial charge in [-0.1, -0.05) is 13.0 Å². The third-order valence-electron chi connectivity index (χ3n) is 9.26.